The van der Waals surface area contributed by atoms with Gasteiger partial charge in [0.05, 0.1) is 5.60 Å². The Balaban J connectivity index is 1.73. The Bertz CT molecular complexity index is 479. The topological polar surface area (TPSA) is 32.3 Å². The first-order chi connectivity index (χ1) is 9.33. The molecule has 1 aromatic carbocycles. The summed E-state index contributed by atoms with van der Waals surface area (Å²) < 4.78 is 0. The first kappa shape index (κ1) is 14.1. The minimum Gasteiger partial charge on any atom is -0.388 e. The Labute approximate surface area is 122 Å². The number of nitrogens with one attached hydrogen (secondary N) is 1. The van der Waals surface area contributed by atoms with E-state index in [0.717, 1.165) is 12.3 Å². The van der Waals surface area contributed by atoms with Gasteiger partial charge in [0.1, 0.15) is 0 Å². The maximum absolute atomic E-state index is 11.0. The van der Waals surface area contributed by atoms with E-state index in [4.69, 9.17) is 0 Å². The molecule has 0 saturated heterocycles. The van der Waals surface area contributed by atoms with Gasteiger partial charge < -0.3 is 10.4 Å². The summed E-state index contributed by atoms with van der Waals surface area (Å²) in [6, 6.07) is 11.0. The third-order valence-corrected chi connectivity index (χ3v) is 6.15. The second kappa shape index (κ2) is 4.57. The molecule has 0 unspecified atom stereocenters. The monoisotopic (exact) mass is 273 g/mol. The van der Waals surface area contributed by atoms with E-state index in [2.05, 4.69) is 50.4 Å². The third kappa shape index (κ3) is 2.01. The summed E-state index contributed by atoms with van der Waals surface area (Å²) >= 11 is 0. The molecule has 0 spiro atoms. The molecule has 2 bridgehead atoms. The van der Waals surface area contributed by atoms with Crippen molar-refractivity contribution in [2.24, 2.45) is 17.3 Å². The lowest BCUT2D eigenvalue weighted by molar-refractivity contribution is -0.210. The molecule has 3 aliphatic rings. The van der Waals surface area contributed by atoms with Crippen molar-refractivity contribution in [3.8, 4) is 0 Å². The van der Waals surface area contributed by atoms with Gasteiger partial charge in [-0.15, -0.1) is 0 Å². The molecule has 2 heteroatoms. The lowest BCUT2D eigenvalue weighted by Crippen LogP contribution is -2.69. The average Bonchev–Trinajstić information content (AvgIpc) is 2.40. The molecule has 110 valence electrons. The van der Waals surface area contributed by atoms with E-state index < -0.39 is 5.60 Å². The normalized spacial score (nSPS) is 40.0. The Morgan fingerprint density at radius 2 is 1.80 bits per heavy atom. The van der Waals surface area contributed by atoms with Crippen LogP contribution in [0, 0.1) is 17.3 Å². The molecule has 0 aliphatic heterocycles. The van der Waals surface area contributed by atoms with Gasteiger partial charge in [0.15, 0.2) is 0 Å². The van der Waals surface area contributed by atoms with Crippen LogP contribution in [-0.2, 0) is 0 Å². The lowest BCUT2D eigenvalue weighted by Gasteiger charge is -2.65. The van der Waals surface area contributed by atoms with Crippen LogP contribution in [0.4, 0.5) is 0 Å². The highest BCUT2D eigenvalue weighted by molar-refractivity contribution is 5.20. The third-order valence-electron chi connectivity index (χ3n) is 6.15. The summed E-state index contributed by atoms with van der Waals surface area (Å²) in [5.41, 5.74) is 1.00. The van der Waals surface area contributed by atoms with Crippen LogP contribution in [0.2, 0.25) is 0 Å². The van der Waals surface area contributed by atoms with Gasteiger partial charge in [0.25, 0.3) is 0 Å². The molecule has 0 radical (unpaired) electrons. The zero-order valence-corrected chi connectivity index (χ0v) is 13.1. The molecule has 20 heavy (non-hydrogen) atoms. The minimum atomic E-state index is -0.596. The van der Waals surface area contributed by atoms with Crippen LogP contribution in [-0.4, -0.2) is 16.7 Å². The molecule has 3 fully saturated rings. The number of hydrogen-bond donors (Lipinski definition) is 2. The first-order valence-corrected chi connectivity index (χ1v) is 7.87. The first-order valence-electron chi connectivity index (χ1n) is 7.87. The number of rotatable bonds is 3. The van der Waals surface area contributed by atoms with Crippen molar-refractivity contribution in [1.82, 2.24) is 5.32 Å². The molecule has 0 aromatic heterocycles. The molecular weight excluding hydrogens is 246 g/mol. The van der Waals surface area contributed by atoms with Crippen molar-refractivity contribution in [3.63, 3.8) is 0 Å². The van der Waals surface area contributed by atoms with E-state index in [1.54, 1.807) is 0 Å². The molecule has 4 rings (SSSR count). The van der Waals surface area contributed by atoms with Gasteiger partial charge in [-0.1, -0.05) is 44.2 Å². The van der Waals surface area contributed by atoms with E-state index >= 15 is 0 Å². The van der Waals surface area contributed by atoms with Crippen molar-refractivity contribution < 1.29 is 5.11 Å². The number of benzene rings is 1. The highest BCUT2D eigenvalue weighted by Crippen LogP contribution is 2.62. The van der Waals surface area contributed by atoms with Crippen LogP contribution in [0.15, 0.2) is 30.3 Å². The zero-order chi connectivity index (χ0) is 14.5. The fraction of sp³-hybridized carbons (Fsp3) is 0.667. The molecule has 3 aliphatic carbocycles. The summed E-state index contributed by atoms with van der Waals surface area (Å²) in [7, 11) is 0. The van der Waals surface area contributed by atoms with Crippen LogP contribution >= 0.6 is 0 Å². The quantitative estimate of drug-likeness (QED) is 0.883. The molecule has 2 N–H and O–H groups in total. The summed E-state index contributed by atoms with van der Waals surface area (Å²) in [6.45, 7) is 8.86. The molecule has 5 atom stereocenters. The lowest BCUT2D eigenvalue weighted by atomic mass is 9.43. The van der Waals surface area contributed by atoms with Gasteiger partial charge >= 0.3 is 0 Å². The van der Waals surface area contributed by atoms with Crippen molar-refractivity contribution >= 4 is 0 Å². The van der Waals surface area contributed by atoms with Gasteiger partial charge in [-0.2, -0.15) is 0 Å². The Kier molecular flexibility index (Phi) is 3.22. The summed E-state index contributed by atoms with van der Waals surface area (Å²) in [5.74, 6) is 1.18. The van der Waals surface area contributed by atoms with Crippen molar-refractivity contribution in [2.75, 3.05) is 0 Å². The summed E-state index contributed by atoms with van der Waals surface area (Å²) in [6.07, 6.45) is 2.28. The largest absolute Gasteiger partial charge is 0.388 e. The maximum Gasteiger partial charge on any atom is 0.0805 e. The van der Waals surface area contributed by atoms with Gasteiger partial charge in [-0.3, -0.25) is 0 Å². The second-order valence-electron chi connectivity index (χ2n) is 7.62. The smallest absolute Gasteiger partial charge is 0.0805 e. The molecule has 1 aromatic rings. The van der Waals surface area contributed by atoms with E-state index in [0.29, 0.717) is 11.3 Å². The molecule has 0 amide bonds. The van der Waals surface area contributed by atoms with Crippen LogP contribution in [0.25, 0.3) is 0 Å². The van der Waals surface area contributed by atoms with Crippen LogP contribution in [0.3, 0.4) is 0 Å². The van der Waals surface area contributed by atoms with Crippen molar-refractivity contribution in [2.45, 2.75) is 58.2 Å². The second-order valence-corrected chi connectivity index (χ2v) is 7.62. The summed E-state index contributed by atoms with van der Waals surface area (Å²) in [4.78, 5) is 0. The standard InChI is InChI=1S/C18H27NO/c1-12(13-8-6-5-7-9-13)19-16-11-14-10-15(17(14,2)3)18(16,4)20/h5-9,12,14-16,19-20H,10-11H2,1-4H3/t12-,14+,15+,16+,18+/m0/s1. The molecule has 3 saturated carbocycles. The number of fused-ring (bicyclic) bond motifs is 2. The molecule has 0 heterocycles. The van der Waals surface area contributed by atoms with Crippen LogP contribution in [0.1, 0.15) is 52.1 Å². The van der Waals surface area contributed by atoms with Gasteiger partial charge in [0.2, 0.25) is 0 Å². The van der Waals surface area contributed by atoms with Crippen LogP contribution in [0.5, 0.6) is 0 Å². The Morgan fingerprint density at radius 3 is 2.35 bits per heavy atom. The predicted molar refractivity (Wildman–Crippen MR) is 82.4 cm³/mol. The van der Waals surface area contributed by atoms with Gasteiger partial charge in [0, 0.05) is 12.1 Å². The number of hydrogen-bond acceptors (Lipinski definition) is 2. The maximum atomic E-state index is 11.0. The van der Waals surface area contributed by atoms with E-state index in [1.807, 2.05) is 13.0 Å². The highest BCUT2D eigenvalue weighted by atomic mass is 16.3. The van der Waals surface area contributed by atoms with E-state index in [1.165, 1.54) is 12.0 Å². The molecular formula is C18H27NO. The molecule has 2 nitrogen and oxygen atoms in total. The van der Waals surface area contributed by atoms with Crippen molar-refractivity contribution in [1.29, 1.82) is 0 Å². The Hall–Kier alpha value is -0.860. The van der Waals surface area contributed by atoms with Gasteiger partial charge in [-0.05, 0) is 49.5 Å². The minimum absolute atomic E-state index is 0.203. The average molecular weight is 273 g/mol. The highest BCUT2D eigenvalue weighted by Gasteiger charge is 2.62. The Morgan fingerprint density at radius 1 is 1.15 bits per heavy atom. The SMILES string of the molecule is C[C@H](N[C@@H]1C[C@H]2C[C@H](C2(C)C)[C@@]1(C)O)c1ccccc1. The van der Waals surface area contributed by atoms with E-state index in [9.17, 15) is 5.11 Å². The summed E-state index contributed by atoms with van der Waals surface area (Å²) in [5, 5.41) is 14.7. The van der Waals surface area contributed by atoms with E-state index in [-0.39, 0.29) is 12.1 Å². The van der Waals surface area contributed by atoms with Gasteiger partial charge in [-0.25, -0.2) is 0 Å². The zero-order valence-electron chi connectivity index (χ0n) is 13.1. The van der Waals surface area contributed by atoms with Crippen molar-refractivity contribution in [3.05, 3.63) is 35.9 Å². The fourth-order valence-corrected chi connectivity index (χ4v) is 4.55. The number of aliphatic hydroxyl groups is 1. The fourth-order valence-electron chi connectivity index (χ4n) is 4.55. The van der Waals surface area contributed by atoms with Crippen LogP contribution < -0.4 is 5.32 Å². The predicted octanol–water partition coefficient (Wildman–Crippen LogP) is 3.52.